The minimum Gasteiger partial charge on any atom is -0.240 e. The Balaban J connectivity index is 1.64. The van der Waals surface area contributed by atoms with Crippen LogP contribution in [0, 0.1) is 0 Å². The number of thiophene rings is 1. The molecular weight excluding hydrogens is 396 g/mol. The van der Waals surface area contributed by atoms with E-state index in [9.17, 15) is 8.42 Å². The molecule has 4 nitrogen and oxygen atoms in total. The quantitative estimate of drug-likeness (QED) is 0.632. The molecule has 0 bridgehead atoms. The standard InChI is InChI=1S/C17H17ClN2O2S3/c1-25(21,22)19-8-7-14-5-6-16(24-14)15-11-23-17(20-15)10-12-3-2-4-13(18)9-12/h2-6,9,11,19H,7-8,10H2,1H3. The lowest BCUT2D eigenvalue weighted by Gasteiger charge is -1.99. The van der Waals surface area contributed by atoms with Crippen molar-refractivity contribution in [2.75, 3.05) is 12.8 Å². The highest BCUT2D eigenvalue weighted by atomic mass is 35.5. The topological polar surface area (TPSA) is 59.1 Å². The molecule has 0 aliphatic rings. The fraction of sp³-hybridized carbons (Fsp3) is 0.235. The van der Waals surface area contributed by atoms with Crippen LogP contribution in [0.4, 0.5) is 0 Å². The summed E-state index contributed by atoms with van der Waals surface area (Å²) in [6, 6.07) is 11.9. The summed E-state index contributed by atoms with van der Waals surface area (Å²) in [4.78, 5) is 6.95. The van der Waals surface area contributed by atoms with Crippen LogP contribution in [0.25, 0.3) is 10.6 Å². The van der Waals surface area contributed by atoms with Crippen molar-refractivity contribution < 1.29 is 8.42 Å². The summed E-state index contributed by atoms with van der Waals surface area (Å²) in [5.74, 6) is 0. The highest BCUT2D eigenvalue weighted by molar-refractivity contribution is 7.88. The maximum Gasteiger partial charge on any atom is 0.208 e. The van der Waals surface area contributed by atoms with E-state index in [-0.39, 0.29) is 0 Å². The predicted octanol–water partition coefficient (Wildman–Crippen LogP) is 4.21. The van der Waals surface area contributed by atoms with Crippen LogP contribution in [0.15, 0.2) is 41.8 Å². The molecule has 0 saturated carbocycles. The second kappa shape index (κ2) is 7.97. The van der Waals surface area contributed by atoms with E-state index in [0.717, 1.165) is 37.5 Å². The number of rotatable bonds is 7. The van der Waals surface area contributed by atoms with Crippen LogP contribution in [-0.2, 0) is 22.9 Å². The number of halogens is 1. The van der Waals surface area contributed by atoms with Crippen LogP contribution in [-0.4, -0.2) is 26.2 Å². The minimum absolute atomic E-state index is 0.413. The summed E-state index contributed by atoms with van der Waals surface area (Å²) in [5.41, 5.74) is 2.11. The summed E-state index contributed by atoms with van der Waals surface area (Å²) in [5, 5.41) is 3.84. The van der Waals surface area contributed by atoms with Gasteiger partial charge in [-0.2, -0.15) is 0 Å². The number of thiazole rings is 1. The van der Waals surface area contributed by atoms with E-state index in [1.165, 1.54) is 6.26 Å². The van der Waals surface area contributed by atoms with Crippen LogP contribution in [0.1, 0.15) is 15.4 Å². The van der Waals surface area contributed by atoms with Gasteiger partial charge in [-0.3, -0.25) is 0 Å². The fourth-order valence-electron chi connectivity index (χ4n) is 2.34. The smallest absolute Gasteiger partial charge is 0.208 e. The molecule has 2 heterocycles. The largest absolute Gasteiger partial charge is 0.240 e. The molecule has 132 valence electrons. The number of hydrogen-bond donors (Lipinski definition) is 1. The summed E-state index contributed by atoms with van der Waals surface area (Å²) < 4.78 is 24.7. The molecule has 0 saturated heterocycles. The van der Waals surface area contributed by atoms with Crippen molar-refractivity contribution in [1.82, 2.24) is 9.71 Å². The summed E-state index contributed by atoms with van der Waals surface area (Å²) in [7, 11) is -3.13. The van der Waals surface area contributed by atoms with Gasteiger partial charge in [0.25, 0.3) is 0 Å². The normalized spacial score (nSPS) is 11.8. The van der Waals surface area contributed by atoms with Crippen molar-refractivity contribution >= 4 is 44.3 Å². The predicted molar refractivity (Wildman–Crippen MR) is 106 cm³/mol. The molecule has 0 radical (unpaired) electrons. The van der Waals surface area contributed by atoms with Gasteiger partial charge in [-0.05, 0) is 36.2 Å². The number of nitrogens with zero attached hydrogens (tertiary/aromatic N) is 1. The second-order valence-corrected chi connectivity index (χ2v) is 10.00. The monoisotopic (exact) mass is 412 g/mol. The van der Waals surface area contributed by atoms with Crippen molar-refractivity contribution in [3.63, 3.8) is 0 Å². The summed E-state index contributed by atoms with van der Waals surface area (Å²) >= 11 is 9.31. The van der Waals surface area contributed by atoms with E-state index < -0.39 is 10.0 Å². The Labute approximate surface area is 160 Å². The van der Waals surface area contributed by atoms with Crippen molar-refractivity contribution in [2.24, 2.45) is 0 Å². The zero-order valence-corrected chi connectivity index (χ0v) is 16.7. The zero-order valence-electron chi connectivity index (χ0n) is 13.5. The van der Waals surface area contributed by atoms with E-state index in [1.54, 1.807) is 22.7 Å². The highest BCUT2D eigenvalue weighted by Crippen LogP contribution is 2.30. The number of benzene rings is 1. The number of aromatic nitrogens is 1. The van der Waals surface area contributed by atoms with Gasteiger partial charge in [-0.1, -0.05) is 23.7 Å². The summed E-state index contributed by atoms with van der Waals surface area (Å²) in [6.07, 6.45) is 2.61. The van der Waals surface area contributed by atoms with Crippen LogP contribution in [0.2, 0.25) is 5.02 Å². The minimum atomic E-state index is -3.13. The van der Waals surface area contributed by atoms with Crippen molar-refractivity contribution in [1.29, 1.82) is 0 Å². The van der Waals surface area contributed by atoms with Crippen LogP contribution >= 0.6 is 34.3 Å². The number of hydrogen-bond acceptors (Lipinski definition) is 5. The Kier molecular flexibility index (Phi) is 5.91. The van der Waals surface area contributed by atoms with Gasteiger partial charge in [-0.15, -0.1) is 22.7 Å². The van der Waals surface area contributed by atoms with E-state index in [0.29, 0.717) is 13.0 Å². The van der Waals surface area contributed by atoms with Gasteiger partial charge in [0.15, 0.2) is 0 Å². The molecule has 0 spiro atoms. The molecular formula is C17H17ClN2O2S3. The molecule has 0 aliphatic carbocycles. The van der Waals surface area contributed by atoms with Crippen molar-refractivity contribution in [2.45, 2.75) is 12.8 Å². The van der Waals surface area contributed by atoms with Gasteiger partial charge < -0.3 is 0 Å². The maximum atomic E-state index is 11.1. The molecule has 25 heavy (non-hydrogen) atoms. The fourth-order valence-corrected chi connectivity index (χ4v) is 4.89. The van der Waals surface area contributed by atoms with Crippen LogP contribution < -0.4 is 4.72 Å². The SMILES string of the molecule is CS(=O)(=O)NCCc1ccc(-c2csc(Cc3cccc(Cl)c3)n2)s1. The first-order chi connectivity index (χ1) is 11.9. The van der Waals surface area contributed by atoms with E-state index >= 15 is 0 Å². The Bertz CT molecular complexity index is 964. The van der Waals surface area contributed by atoms with Crippen LogP contribution in [0.3, 0.4) is 0 Å². The van der Waals surface area contributed by atoms with Gasteiger partial charge in [0, 0.05) is 28.2 Å². The maximum absolute atomic E-state index is 11.1. The lowest BCUT2D eigenvalue weighted by atomic mass is 10.2. The average molecular weight is 413 g/mol. The van der Waals surface area contributed by atoms with Gasteiger partial charge >= 0.3 is 0 Å². The first-order valence-electron chi connectivity index (χ1n) is 7.61. The molecule has 3 rings (SSSR count). The first-order valence-corrected chi connectivity index (χ1v) is 11.6. The molecule has 1 aromatic carbocycles. The highest BCUT2D eigenvalue weighted by Gasteiger charge is 2.09. The Morgan fingerprint density at radius 3 is 2.84 bits per heavy atom. The van der Waals surface area contributed by atoms with E-state index in [1.807, 2.05) is 36.4 Å². The third-order valence-electron chi connectivity index (χ3n) is 3.45. The first kappa shape index (κ1) is 18.5. The van der Waals surface area contributed by atoms with Crippen LogP contribution in [0.5, 0.6) is 0 Å². The number of nitrogens with one attached hydrogen (secondary N) is 1. The molecule has 0 amide bonds. The molecule has 0 fully saturated rings. The third-order valence-corrected chi connectivity index (χ3v) is 6.43. The molecule has 0 unspecified atom stereocenters. The van der Waals surface area contributed by atoms with Crippen molar-refractivity contribution in [3.8, 4) is 10.6 Å². The van der Waals surface area contributed by atoms with E-state index in [4.69, 9.17) is 16.6 Å². The Morgan fingerprint density at radius 2 is 2.08 bits per heavy atom. The summed E-state index contributed by atoms with van der Waals surface area (Å²) in [6.45, 7) is 0.413. The lowest BCUT2D eigenvalue weighted by molar-refractivity contribution is 0.588. The van der Waals surface area contributed by atoms with Gasteiger partial charge in [-0.25, -0.2) is 18.1 Å². The van der Waals surface area contributed by atoms with Gasteiger partial charge in [0.05, 0.1) is 21.8 Å². The molecule has 2 aromatic heterocycles. The van der Waals surface area contributed by atoms with Gasteiger partial charge in [0.1, 0.15) is 0 Å². The van der Waals surface area contributed by atoms with Gasteiger partial charge in [0.2, 0.25) is 10.0 Å². The van der Waals surface area contributed by atoms with Crippen molar-refractivity contribution in [3.05, 3.63) is 62.2 Å². The van der Waals surface area contributed by atoms with E-state index in [2.05, 4.69) is 10.1 Å². The third kappa shape index (κ3) is 5.62. The zero-order chi connectivity index (χ0) is 17.9. The molecule has 0 aliphatic heterocycles. The Hall–Kier alpha value is -1.25. The number of sulfonamides is 1. The molecule has 0 atom stereocenters. The molecule has 8 heteroatoms. The molecule has 1 N–H and O–H groups in total. The Morgan fingerprint density at radius 1 is 1.24 bits per heavy atom. The lowest BCUT2D eigenvalue weighted by Crippen LogP contribution is -2.23. The average Bonchev–Trinajstić information content (AvgIpc) is 3.15. The second-order valence-electron chi connectivity index (χ2n) is 5.62. The molecule has 3 aromatic rings.